The molecule has 122 valence electrons. The highest BCUT2D eigenvalue weighted by atomic mass is 79.9. The van der Waals surface area contributed by atoms with Crippen molar-refractivity contribution in [2.24, 2.45) is 0 Å². The van der Waals surface area contributed by atoms with Crippen molar-refractivity contribution in [3.63, 3.8) is 0 Å². The molecule has 0 aliphatic heterocycles. The molecule has 0 aliphatic carbocycles. The molecule has 0 fully saturated rings. The molecule has 1 amide bonds. The molecule has 6 heteroatoms. The second-order valence-electron chi connectivity index (χ2n) is 5.12. The van der Waals surface area contributed by atoms with E-state index in [0.717, 1.165) is 28.7 Å². The maximum atomic E-state index is 12.3. The second-order valence-corrected chi connectivity index (χ2v) is 5.98. The first-order valence-corrected chi connectivity index (χ1v) is 8.16. The smallest absolute Gasteiger partial charge is 0.255 e. The van der Waals surface area contributed by atoms with E-state index < -0.39 is 0 Å². The molecule has 0 bridgehead atoms. The van der Waals surface area contributed by atoms with E-state index in [9.17, 15) is 4.79 Å². The minimum atomic E-state index is -0.158. The Morgan fingerprint density at radius 3 is 2.87 bits per heavy atom. The summed E-state index contributed by atoms with van der Waals surface area (Å²) in [6.45, 7) is 3.42. The van der Waals surface area contributed by atoms with E-state index in [1.54, 1.807) is 25.4 Å². The lowest BCUT2D eigenvalue weighted by Crippen LogP contribution is -2.13. The molecule has 1 aromatic carbocycles. The Kier molecular flexibility index (Phi) is 6.55. The zero-order valence-corrected chi connectivity index (χ0v) is 14.8. The number of ether oxygens (including phenoxy) is 1. The summed E-state index contributed by atoms with van der Waals surface area (Å²) in [7, 11) is 1.67. The van der Waals surface area contributed by atoms with E-state index in [1.165, 1.54) is 0 Å². The molecule has 0 atom stereocenters. The van der Waals surface area contributed by atoms with Crippen LogP contribution in [0.1, 0.15) is 22.3 Å². The van der Waals surface area contributed by atoms with Crippen LogP contribution in [0, 0.1) is 6.92 Å². The van der Waals surface area contributed by atoms with Crippen molar-refractivity contribution in [1.82, 2.24) is 4.98 Å². The number of pyridine rings is 1. The summed E-state index contributed by atoms with van der Waals surface area (Å²) in [6.07, 6.45) is 2.51. The number of benzene rings is 1. The fourth-order valence-corrected chi connectivity index (χ4v) is 2.27. The van der Waals surface area contributed by atoms with Crippen molar-refractivity contribution in [2.45, 2.75) is 13.3 Å². The summed E-state index contributed by atoms with van der Waals surface area (Å²) in [5, 5.41) is 6.07. The van der Waals surface area contributed by atoms with Crippen LogP contribution in [0.4, 0.5) is 11.5 Å². The molecule has 0 unspecified atom stereocenters. The zero-order valence-electron chi connectivity index (χ0n) is 13.2. The average molecular weight is 378 g/mol. The number of rotatable bonds is 7. The summed E-state index contributed by atoms with van der Waals surface area (Å²) < 4.78 is 6.01. The van der Waals surface area contributed by atoms with Crippen LogP contribution in [0.25, 0.3) is 0 Å². The zero-order chi connectivity index (χ0) is 16.7. The number of nitrogens with one attached hydrogen (secondary N) is 2. The highest BCUT2D eigenvalue weighted by Crippen LogP contribution is 2.20. The first-order valence-electron chi connectivity index (χ1n) is 7.36. The van der Waals surface area contributed by atoms with Crippen LogP contribution in [0.3, 0.4) is 0 Å². The number of carbonyl (C=O) groups excluding carboxylic acids is 1. The Labute approximate surface area is 144 Å². The number of hydrogen-bond acceptors (Lipinski definition) is 4. The lowest BCUT2D eigenvalue weighted by molar-refractivity contribution is 0.102. The predicted octanol–water partition coefficient (Wildman–Crippen LogP) is 3.85. The van der Waals surface area contributed by atoms with Gasteiger partial charge in [0.2, 0.25) is 0 Å². The van der Waals surface area contributed by atoms with Crippen molar-refractivity contribution >= 4 is 33.3 Å². The summed E-state index contributed by atoms with van der Waals surface area (Å²) in [5.74, 6) is 0.523. The third-order valence-electron chi connectivity index (χ3n) is 3.27. The summed E-state index contributed by atoms with van der Waals surface area (Å²) in [5.41, 5.74) is 2.40. The van der Waals surface area contributed by atoms with Crippen molar-refractivity contribution < 1.29 is 9.53 Å². The van der Waals surface area contributed by atoms with E-state index in [-0.39, 0.29) is 5.91 Å². The Balaban J connectivity index is 2.00. The van der Waals surface area contributed by atoms with Gasteiger partial charge in [-0.15, -0.1) is 0 Å². The standard InChI is InChI=1S/C17H20BrN3O2/c1-12-10-14(4-5-15(12)18)21-17(22)13-6-8-20-16(11-13)19-7-3-9-23-2/h4-6,8,10-11H,3,7,9H2,1-2H3,(H,19,20)(H,21,22). The van der Waals surface area contributed by atoms with Crippen molar-refractivity contribution in [3.05, 3.63) is 52.1 Å². The van der Waals surface area contributed by atoms with Gasteiger partial charge < -0.3 is 15.4 Å². The number of halogens is 1. The summed E-state index contributed by atoms with van der Waals surface area (Å²) in [6, 6.07) is 9.14. The van der Waals surface area contributed by atoms with Crippen LogP contribution in [0.5, 0.6) is 0 Å². The van der Waals surface area contributed by atoms with Gasteiger partial charge >= 0.3 is 0 Å². The molecule has 2 aromatic rings. The van der Waals surface area contributed by atoms with Gasteiger partial charge in [0.1, 0.15) is 5.82 Å². The largest absolute Gasteiger partial charge is 0.385 e. The number of aryl methyl sites for hydroxylation is 1. The molecule has 1 aromatic heterocycles. The van der Waals surface area contributed by atoms with Gasteiger partial charge in [0.15, 0.2) is 0 Å². The van der Waals surface area contributed by atoms with Gasteiger partial charge in [-0.3, -0.25) is 4.79 Å². The molecule has 0 spiro atoms. The van der Waals surface area contributed by atoms with Crippen molar-refractivity contribution in [3.8, 4) is 0 Å². The third kappa shape index (κ3) is 5.33. The number of nitrogens with zero attached hydrogens (tertiary/aromatic N) is 1. The quantitative estimate of drug-likeness (QED) is 0.719. The number of amides is 1. The molecule has 0 saturated carbocycles. The van der Waals surface area contributed by atoms with Gasteiger partial charge in [0.05, 0.1) is 0 Å². The van der Waals surface area contributed by atoms with Crippen LogP contribution >= 0.6 is 15.9 Å². The van der Waals surface area contributed by atoms with Gasteiger partial charge in [0.25, 0.3) is 5.91 Å². The Morgan fingerprint density at radius 1 is 1.30 bits per heavy atom. The topological polar surface area (TPSA) is 63.2 Å². The average Bonchev–Trinajstić information content (AvgIpc) is 2.55. The van der Waals surface area contributed by atoms with Gasteiger partial charge in [-0.05, 0) is 49.2 Å². The monoisotopic (exact) mass is 377 g/mol. The van der Waals surface area contributed by atoms with Crippen LogP contribution < -0.4 is 10.6 Å². The van der Waals surface area contributed by atoms with E-state index >= 15 is 0 Å². The minimum Gasteiger partial charge on any atom is -0.385 e. The molecule has 0 saturated heterocycles. The van der Waals surface area contributed by atoms with Gasteiger partial charge in [-0.1, -0.05) is 15.9 Å². The fourth-order valence-electron chi connectivity index (χ4n) is 2.03. The Bertz CT molecular complexity index is 677. The van der Waals surface area contributed by atoms with Crippen molar-refractivity contribution in [1.29, 1.82) is 0 Å². The molecule has 5 nitrogen and oxygen atoms in total. The molecule has 23 heavy (non-hydrogen) atoms. The molecule has 1 heterocycles. The number of aromatic nitrogens is 1. The van der Waals surface area contributed by atoms with Gasteiger partial charge in [0, 0.05) is 42.2 Å². The van der Waals surface area contributed by atoms with Crippen LogP contribution in [-0.2, 0) is 4.74 Å². The Morgan fingerprint density at radius 2 is 2.13 bits per heavy atom. The molecule has 2 N–H and O–H groups in total. The second kappa shape index (κ2) is 8.64. The molecule has 2 rings (SSSR count). The number of hydrogen-bond donors (Lipinski definition) is 2. The van der Waals surface area contributed by atoms with Crippen LogP contribution in [0.15, 0.2) is 41.0 Å². The van der Waals surface area contributed by atoms with E-state index in [0.29, 0.717) is 18.0 Å². The lowest BCUT2D eigenvalue weighted by Gasteiger charge is -2.09. The number of anilines is 2. The van der Waals surface area contributed by atoms with Crippen LogP contribution in [0.2, 0.25) is 0 Å². The molecule has 0 radical (unpaired) electrons. The van der Waals surface area contributed by atoms with Gasteiger partial charge in [-0.25, -0.2) is 4.98 Å². The summed E-state index contributed by atoms with van der Waals surface area (Å²) >= 11 is 3.45. The van der Waals surface area contributed by atoms with Gasteiger partial charge in [-0.2, -0.15) is 0 Å². The number of methoxy groups -OCH3 is 1. The predicted molar refractivity (Wildman–Crippen MR) is 96.1 cm³/mol. The third-order valence-corrected chi connectivity index (χ3v) is 4.16. The highest BCUT2D eigenvalue weighted by molar-refractivity contribution is 9.10. The maximum Gasteiger partial charge on any atom is 0.255 e. The SMILES string of the molecule is COCCCNc1cc(C(=O)Nc2ccc(Br)c(C)c2)ccn1. The van der Waals surface area contributed by atoms with E-state index in [1.807, 2.05) is 25.1 Å². The molecular weight excluding hydrogens is 358 g/mol. The van der Waals surface area contributed by atoms with Crippen molar-refractivity contribution in [2.75, 3.05) is 30.9 Å². The summed E-state index contributed by atoms with van der Waals surface area (Å²) in [4.78, 5) is 16.6. The normalized spacial score (nSPS) is 10.4. The lowest BCUT2D eigenvalue weighted by atomic mass is 10.2. The minimum absolute atomic E-state index is 0.158. The first-order chi connectivity index (χ1) is 11.1. The maximum absolute atomic E-state index is 12.3. The number of carbonyl (C=O) groups is 1. The molecule has 0 aliphatic rings. The fraction of sp³-hybridized carbons (Fsp3) is 0.294. The van der Waals surface area contributed by atoms with E-state index in [4.69, 9.17) is 4.74 Å². The first kappa shape index (κ1) is 17.4. The van der Waals surface area contributed by atoms with Crippen LogP contribution in [-0.4, -0.2) is 31.2 Å². The Hall–Kier alpha value is -1.92. The van der Waals surface area contributed by atoms with E-state index in [2.05, 4.69) is 31.5 Å². The highest BCUT2D eigenvalue weighted by Gasteiger charge is 2.08. The molecular formula is C17H20BrN3O2.